The topological polar surface area (TPSA) is 43.6 Å². The fourth-order valence-electron chi connectivity index (χ4n) is 2.31. The Bertz CT molecular complexity index is 791. The van der Waals surface area contributed by atoms with E-state index >= 15 is 0 Å². The highest BCUT2D eigenvalue weighted by molar-refractivity contribution is 5.90. The lowest BCUT2D eigenvalue weighted by Gasteiger charge is -2.06. The fraction of sp³-hybridized carbons (Fsp3) is 0.176. The summed E-state index contributed by atoms with van der Waals surface area (Å²) in [5, 5.41) is 0. The maximum Gasteiger partial charge on any atom is 0.357 e. The third kappa shape index (κ3) is 2.65. The first kappa shape index (κ1) is 13.4. The van der Waals surface area contributed by atoms with Crippen molar-refractivity contribution < 1.29 is 9.53 Å². The molecule has 0 amide bonds. The lowest BCUT2D eigenvalue weighted by molar-refractivity contribution is 0.0463. The van der Waals surface area contributed by atoms with Crippen molar-refractivity contribution in [2.45, 2.75) is 20.5 Å². The zero-order valence-corrected chi connectivity index (χ0v) is 12.0. The number of rotatable bonds is 3. The van der Waals surface area contributed by atoms with E-state index in [9.17, 15) is 4.79 Å². The van der Waals surface area contributed by atoms with Crippen LogP contribution < -0.4 is 0 Å². The van der Waals surface area contributed by atoms with E-state index in [-0.39, 0.29) is 12.6 Å². The normalized spacial score (nSPS) is 10.8. The monoisotopic (exact) mass is 280 g/mol. The van der Waals surface area contributed by atoms with Gasteiger partial charge in [-0.3, -0.25) is 4.40 Å². The van der Waals surface area contributed by atoms with E-state index in [0.717, 1.165) is 16.8 Å². The van der Waals surface area contributed by atoms with E-state index in [1.54, 1.807) is 4.40 Å². The number of aryl methyl sites for hydroxylation is 2. The summed E-state index contributed by atoms with van der Waals surface area (Å²) in [7, 11) is 0. The van der Waals surface area contributed by atoms with Crippen molar-refractivity contribution in [1.82, 2.24) is 9.38 Å². The van der Waals surface area contributed by atoms with Gasteiger partial charge in [-0.25, -0.2) is 9.78 Å². The van der Waals surface area contributed by atoms with Crippen molar-refractivity contribution in [3.05, 3.63) is 71.2 Å². The van der Waals surface area contributed by atoms with E-state index in [0.29, 0.717) is 11.4 Å². The highest BCUT2D eigenvalue weighted by atomic mass is 16.5. The molecule has 0 bridgehead atoms. The van der Waals surface area contributed by atoms with Crippen LogP contribution in [0, 0.1) is 13.8 Å². The van der Waals surface area contributed by atoms with Crippen molar-refractivity contribution >= 4 is 11.6 Å². The summed E-state index contributed by atoms with van der Waals surface area (Å²) in [6, 6.07) is 13.5. The summed E-state index contributed by atoms with van der Waals surface area (Å²) < 4.78 is 7.19. The largest absolute Gasteiger partial charge is 0.456 e. The second kappa shape index (κ2) is 5.40. The molecule has 0 unspecified atom stereocenters. The molecule has 0 aliphatic heterocycles. The molecular weight excluding hydrogens is 264 g/mol. The molecule has 0 aliphatic rings. The molecule has 2 heterocycles. The number of imidazole rings is 1. The molecule has 2 aromatic heterocycles. The number of carbonyl (C=O) groups excluding carboxylic acids is 1. The number of benzene rings is 1. The number of fused-ring (bicyclic) bond motifs is 1. The maximum absolute atomic E-state index is 12.3. The second-order valence-electron chi connectivity index (χ2n) is 5.04. The van der Waals surface area contributed by atoms with Crippen LogP contribution in [0.15, 0.2) is 48.7 Å². The highest BCUT2D eigenvalue weighted by Gasteiger charge is 2.18. The van der Waals surface area contributed by atoms with Gasteiger partial charge in [-0.05, 0) is 31.0 Å². The van der Waals surface area contributed by atoms with Gasteiger partial charge in [-0.2, -0.15) is 0 Å². The number of hydrogen-bond acceptors (Lipinski definition) is 3. The van der Waals surface area contributed by atoms with Crippen LogP contribution in [0.25, 0.3) is 5.65 Å². The summed E-state index contributed by atoms with van der Waals surface area (Å²) >= 11 is 0. The van der Waals surface area contributed by atoms with Gasteiger partial charge in [0.2, 0.25) is 0 Å². The number of aromatic nitrogens is 2. The predicted octanol–water partition coefficient (Wildman–Crippen LogP) is 3.31. The van der Waals surface area contributed by atoms with Crippen molar-refractivity contribution in [2.75, 3.05) is 0 Å². The van der Waals surface area contributed by atoms with Crippen molar-refractivity contribution in [1.29, 1.82) is 0 Å². The minimum absolute atomic E-state index is 0.262. The number of esters is 1. The molecule has 0 atom stereocenters. The van der Waals surface area contributed by atoms with Crippen LogP contribution in [0.5, 0.6) is 0 Å². The molecule has 4 nitrogen and oxygen atoms in total. The SMILES string of the molecule is Cc1ccc2nc(C)c(C(=O)OCc3ccccc3)n2c1. The van der Waals surface area contributed by atoms with Crippen LogP contribution in [0.1, 0.15) is 27.3 Å². The fourth-order valence-corrected chi connectivity index (χ4v) is 2.31. The molecule has 21 heavy (non-hydrogen) atoms. The third-order valence-corrected chi connectivity index (χ3v) is 3.35. The van der Waals surface area contributed by atoms with Gasteiger partial charge in [-0.15, -0.1) is 0 Å². The Morgan fingerprint density at radius 1 is 1.14 bits per heavy atom. The van der Waals surface area contributed by atoms with Gasteiger partial charge in [0.25, 0.3) is 0 Å². The van der Waals surface area contributed by atoms with E-state index in [1.165, 1.54) is 0 Å². The summed E-state index contributed by atoms with van der Waals surface area (Å²) in [5.41, 5.74) is 3.96. The molecule has 3 aromatic rings. The number of nitrogens with zero attached hydrogens (tertiary/aromatic N) is 2. The van der Waals surface area contributed by atoms with Crippen LogP contribution in [0.4, 0.5) is 0 Å². The number of ether oxygens (including phenoxy) is 1. The Hall–Kier alpha value is -2.62. The molecule has 3 rings (SSSR count). The van der Waals surface area contributed by atoms with Gasteiger partial charge in [0.1, 0.15) is 12.3 Å². The summed E-state index contributed by atoms with van der Waals surface area (Å²) in [4.78, 5) is 16.7. The smallest absolute Gasteiger partial charge is 0.357 e. The first-order chi connectivity index (χ1) is 10.1. The molecular formula is C17H16N2O2. The quantitative estimate of drug-likeness (QED) is 0.691. The third-order valence-electron chi connectivity index (χ3n) is 3.35. The average Bonchev–Trinajstić information content (AvgIpc) is 2.81. The van der Waals surface area contributed by atoms with Crippen molar-refractivity contribution in [2.24, 2.45) is 0 Å². The highest BCUT2D eigenvalue weighted by Crippen LogP contribution is 2.15. The Balaban J connectivity index is 1.87. The molecule has 0 spiro atoms. The average molecular weight is 280 g/mol. The minimum Gasteiger partial charge on any atom is -0.456 e. The standard InChI is InChI=1S/C17H16N2O2/c1-12-8-9-15-18-13(2)16(19(15)10-12)17(20)21-11-14-6-4-3-5-7-14/h3-10H,11H2,1-2H3. The molecule has 0 aliphatic carbocycles. The van der Waals surface area contributed by atoms with Gasteiger partial charge in [0.15, 0.2) is 5.69 Å². The molecule has 0 N–H and O–H groups in total. The van der Waals surface area contributed by atoms with E-state index in [2.05, 4.69) is 4.98 Å². The van der Waals surface area contributed by atoms with Gasteiger partial charge < -0.3 is 4.74 Å². The van der Waals surface area contributed by atoms with Crippen molar-refractivity contribution in [3.63, 3.8) is 0 Å². The van der Waals surface area contributed by atoms with Crippen LogP contribution in [-0.2, 0) is 11.3 Å². The van der Waals surface area contributed by atoms with Crippen molar-refractivity contribution in [3.8, 4) is 0 Å². The molecule has 0 radical (unpaired) electrons. The van der Waals surface area contributed by atoms with E-state index in [1.807, 2.05) is 62.5 Å². The predicted molar refractivity (Wildman–Crippen MR) is 80.2 cm³/mol. The first-order valence-corrected chi connectivity index (χ1v) is 6.81. The van der Waals surface area contributed by atoms with Gasteiger partial charge in [-0.1, -0.05) is 36.4 Å². The van der Waals surface area contributed by atoms with E-state index < -0.39 is 0 Å². The maximum atomic E-state index is 12.3. The molecule has 106 valence electrons. The summed E-state index contributed by atoms with van der Waals surface area (Å²) in [6.07, 6.45) is 1.90. The summed E-state index contributed by atoms with van der Waals surface area (Å²) in [6.45, 7) is 4.06. The first-order valence-electron chi connectivity index (χ1n) is 6.81. The Morgan fingerprint density at radius 2 is 1.90 bits per heavy atom. The summed E-state index contributed by atoms with van der Waals surface area (Å²) in [5.74, 6) is -0.352. The second-order valence-corrected chi connectivity index (χ2v) is 5.04. The lowest BCUT2D eigenvalue weighted by atomic mass is 10.2. The van der Waals surface area contributed by atoms with Crippen LogP contribution in [0.2, 0.25) is 0 Å². The van der Waals surface area contributed by atoms with Crippen LogP contribution >= 0.6 is 0 Å². The molecule has 1 aromatic carbocycles. The molecule has 0 saturated carbocycles. The zero-order chi connectivity index (χ0) is 14.8. The minimum atomic E-state index is -0.352. The number of carbonyl (C=O) groups is 1. The number of hydrogen-bond donors (Lipinski definition) is 0. The zero-order valence-electron chi connectivity index (χ0n) is 12.0. The van der Waals surface area contributed by atoms with Crippen LogP contribution in [0.3, 0.4) is 0 Å². The number of pyridine rings is 1. The van der Waals surface area contributed by atoms with Gasteiger partial charge in [0.05, 0.1) is 5.69 Å². The lowest BCUT2D eigenvalue weighted by Crippen LogP contribution is -2.10. The Morgan fingerprint density at radius 3 is 2.67 bits per heavy atom. The van der Waals surface area contributed by atoms with Crippen LogP contribution in [-0.4, -0.2) is 15.4 Å². The Kier molecular flexibility index (Phi) is 3.44. The molecule has 0 saturated heterocycles. The molecule has 0 fully saturated rings. The molecule has 4 heteroatoms. The van der Waals surface area contributed by atoms with Gasteiger partial charge in [0, 0.05) is 6.20 Å². The van der Waals surface area contributed by atoms with E-state index in [4.69, 9.17) is 4.74 Å². The Labute approximate surface area is 123 Å². The van der Waals surface area contributed by atoms with Gasteiger partial charge >= 0.3 is 5.97 Å².